The van der Waals surface area contributed by atoms with Crippen LogP contribution in [0.2, 0.25) is 5.02 Å². The summed E-state index contributed by atoms with van der Waals surface area (Å²) in [5.74, 6) is -1.51. The highest BCUT2D eigenvalue weighted by Crippen LogP contribution is 2.26. The van der Waals surface area contributed by atoms with Gasteiger partial charge in [0, 0.05) is 10.6 Å². The average Bonchev–Trinajstić information content (AvgIpc) is 2.60. The molecule has 0 saturated heterocycles. The Bertz CT molecular complexity index is 551. The van der Waals surface area contributed by atoms with E-state index in [2.05, 4.69) is 4.98 Å². The minimum Gasteiger partial charge on any atom is -0.475 e. The second-order valence-electron chi connectivity index (χ2n) is 3.05. The maximum atomic E-state index is 10.9. The SMILES string of the molecule is Nc1nc(-c2cccc(Cl)c2)c(C(=O)O)o1. The topological polar surface area (TPSA) is 89.3 Å². The van der Waals surface area contributed by atoms with Crippen LogP contribution in [0.1, 0.15) is 10.6 Å². The van der Waals surface area contributed by atoms with Crippen LogP contribution in [0, 0.1) is 0 Å². The molecule has 6 heteroatoms. The summed E-state index contributed by atoms with van der Waals surface area (Å²) in [6.45, 7) is 0. The number of nitrogens with zero attached hydrogens (tertiary/aromatic N) is 1. The van der Waals surface area contributed by atoms with Crippen LogP contribution in [0.5, 0.6) is 0 Å². The van der Waals surface area contributed by atoms with Crippen LogP contribution in [0.4, 0.5) is 6.01 Å². The summed E-state index contributed by atoms with van der Waals surface area (Å²) in [5, 5.41) is 9.37. The van der Waals surface area contributed by atoms with Crippen LogP contribution < -0.4 is 5.73 Å². The van der Waals surface area contributed by atoms with Crippen LogP contribution in [0.15, 0.2) is 28.7 Å². The summed E-state index contributed by atoms with van der Waals surface area (Å²) in [4.78, 5) is 14.7. The number of nitrogens with two attached hydrogens (primary N) is 1. The summed E-state index contributed by atoms with van der Waals surface area (Å²) in [6.07, 6.45) is 0. The molecule has 0 saturated carbocycles. The van der Waals surface area contributed by atoms with E-state index in [0.29, 0.717) is 10.6 Å². The monoisotopic (exact) mass is 238 g/mol. The highest BCUT2D eigenvalue weighted by atomic mass is 35.5. The Morgan fingerprint density at radius 3 is 2.88 bits per heavy atom. The van der Waals surface area contributed by atoms with Crippen molar-refractivity contribution in [3.63, 3.8) is 0 Å². The molecule has 1 heterocycles. The molecule has 1 aromatic heterocycles. The number of halogens is 1. The highest BCUT2D eigenvalue weighted by molar-refractivity contribution is 6.30. The minimum atomic E-state index is -1.22. The molecule has 5 nitrogen and oxygen atoms in total. The van der Waals surface area contributed by atoms with Gasteiger partial charge < -0.3 is 15.3 Å². The van der Waals surface area contributed by atoms with Gasteiger partial charge in [-0.15, -0.1) is 0 Å². The fourth-order valence-electron chi connectivity index (χ4n) is 1.31. The fourth-order valence-corrected chi connectivity index (χ4v) is 1.50. The van der Waals surface area contributed by atoms with Crippen molar-refractivity contribution in [1.29, 1.82) is 0 Å². The van der Waals surface area contributed by atoms with Crippen LogP contribution in [0.3, 0.4) is 0 Å². The number of aromatic nitrogens is 1. The largest absolute Gasteiger partial charge is 0.475 e. The number of hydrogen-bond donors (Lipinski definition) is 2. The number of carboxylic acids is 1. The predicted octanol–water partition coefficient (Wildman–Crippen LogP) is 2.28. The molecular weight excluding hydrogens is 232 g/mol. The molecule has 0 unspecified atom stereocenters. The molecule has 0 fully saturated rings. The molecular formula is C10H7ClN2O3. The molecule has 0 bridgehead atoms. The van der Waals surface area contributed by atoms with Gasteiger partial charge in [0.25, 0.3) is 6.01 Å². The van der Waals surface area contributed by atoms with E-state index in [1.165, 1.54) is 0 Å². The summed E-state index contributed by atoms with van der Waals surface area (Å²) >= 11 is 5.80. The van der Waals surface area contributed by atoms with Crippen LogP contribution in [-0.2, 0) is 0 Å². The lowest BCUT2D eigenvalue weighted by atomic mass is 10.1. The van der Waals surface area contributed by atoms with Gasteiger partial charge in [-0.3, -0.25) is 0 Å². The molecule has 0 aliphatic rings. The maximum absolute atomic E-state index is 10.9. The minimum absolute atomic E-state index is 0.174. The molecule has 2 rings (SSSR count). The van der Waals surface area contributed by atoms with Crippen molar-refractivity contribution in [2.24, 2.45) is 0 Å². The molecule has 3 N–H and O–H groups in total. The van der Waals surface area contributed by atoms with E-state index < -0.39 is 5.97 Å². The molecule has 0 amide bonds. The Morgan fingerprint density at radius 1 is 1.50 bits per heavy atom. The Kier molecular flexibility index (Phi) is 2.54. The number of rotatable bonds is 2. The van der Waals surface area contributed by atoms with Crippen molar-refractivity contribution >= 4 is 23.6 Å². The molecule has 16 heavy (non-hydrogen) atoms. The third kappa shape index (κ3) is 1.85. The molecule has 0 aliphatic carbocycles. The maximum Gasteiger partial charge on any atom is 0.374 e. The Labute approximate surface area is 95.5 Å². The smallest absolute Gasteiger partial charge is 0.374 e. The van der Waals surface area contributed by atoms with Gasteiger partial charge in [0.1, 0.15) is 5.69 Å². The molecule has 2 aromatic rings. The molecule has 82 valence electrons. The number of carboxylic acid groups (broad SMARTS) is 1. The van der Waals surface area contributed by atoms with E-state index in [9.17, 15) is 4.79 Å². The molecule has 0 atom stereocenters. The third-order valence-corrected chi connectivity index (χ3v) is 2.17. The van der Waals surface area contributed by atoms with E-state index >= 15 is 0 Å². The summed E-state index contributed by atoms with van der Waals surface area (Å²) in [7, 11) is 0. The lowest BCUT2D eigenvalue weighted by molar-refractivity contribution is 0.0665. The fraction of sp³-hybridized carbons (Fsp3) is 0. The van der Waals surface area contributed by atoms with Crippen molar-refractivity contribution in [3.05, 3.63) is 35.0 Å². The van der Waals surface area contributed by atoms with Gasteiger partial charge in [0.2, 0.25) is 5.76 Å². The second kappa shape index (κ2) is 3.86. The number of benzene rings is 1. The van der Waals surface area contributed by atoms with E-state index in [-0.39, 0.29) is 17.5 Å². The van der Waals surface area contributed by atoms with Gasteiger partial charge in [0.15, 0.2) is 0 Å². The van der Waals surface area contributed by atoms with Crippen molar-refractivity contribution in [3.8, 4) is 11.3 Å². The molecule has 1 aromatic carbocycles. The second-order valence-corrected chi connectivity index (χ2v) is 3.48. The van der Waals surface area contributed by atoms with Crippen LogP contribution >= 0.6 is 11.6 Å². The normalized spacial score (nSPS) is 10.3. The first-order chi connectivity index (χ1) is 7.58. The van der Waals surface area contributed by atoms with Gasteiger partial charge in [0.05, 0.1) is 0 Å². The van der Waals surface area contributed by atoms with Crippen molar-refractivity contribution in [2.45, 2.75) is 0 Å². The van der Waals surface area contributed by atoms with E-state index in [0.717, 1.165) is 0 Å². The summed E-state index contributed by atoms with van der Waals surface area (Å²) in [6, 6.07) is 6.44. The zero-order valence-corrected chi connectivity index (χ0v) is 8.73. The summed E-state index contributed by atoms with van der Waals surface area (Å²) < 4.78 is 4.79. The van der Waals surface area contributed by atoms with Gasteiger partial charge in [-0.1, -0.05) is 23.7 Å². The molecule has 0 aliphatic heterocycles. The van der Waals surface area contributed by atoms with E-state index in [1.54, 1.807) is 24.3 Å². The number of aromatic carboxylic acids is 1. The first-order valence-electron chi connectivity index (χ1n) is 4.33. The van der Waals surface area contributed by atoms with Crippen LogP contribution in [0.25, 0.3) is 11.3 Å². The average molecular weight is 239 g/mol. The Morgan fingerprint density at radius 2 is 2.25 bits per heavy atom. The highest BCUT2D eigenvalue weighted by Gasteiger charge is 2.19. The van der Waals surface area contributed by atoms with Gasteiger partial charge in [-0.2, -0.15) is 4.98 Å². The van der Waals surface area contributed by atoms with Crippen molar-refractivity contribution < 1.29 is 14.3 Å². The predicted molar refractivity (Wildman–Crippen MR) is 58.3 cm³/mol. The zero-order valence-electron chi connectivity index (χ0n) is 7.98. The molecule has 0 spiro atoms. The van der Waals surface area contributed by atoms with Gasteiger partial charge in [-0.25, -0.2) is 4.79 Å². The lowest BCUT2D eigenvalue weighted by Crippen LogP contribution is -1.96. The van der Waals surface area contributed by atoms with Gasteiger partial charge >= 0.3 is 5.97 Å². The number of oxazole rings is 1. The first kappa shape index (κ1) is 10.5. The van der Waals surface area contributed by atoms with Crippen LogP contribution in [-0.4, -0.2) is 16.1 Å². The summed E-state index contributed by atoms with van der Waals surface area (Å²) in [5.41, 5.74) is 6.04. The first-order valence-corrected chi connectivity index (χ1v) is 4.71. The third-order valence-electron chi connectivity index (χ3n) is 1.94. The number of hydrogen-bond acceptors (Lipinski definition) is 4. The van der Waals surface area contributed by atoms with Gasteiger partial charge in [-0.05, 0) is 12.1 Å². The lowest BCUT2D eigenvalue weighted by Gasteiger charge is -1.97. The number of nitrogen functional groups attached to an aromatic ring is 1. The molecule has 0 radical (unpaired) electrons. The standard InChI is InChI=1S/C10H7ClN2O3/c11-6-3-1-2-5(4-6)7-8(9(14)15)16-10(12)13-7/h1-4H,(H2,12,13)(H,14,15). The van der Waals surface area contributed by atoms with E-state index in [4.69, 9.17) is 26.9 Å². The van der Waals surface area contributed by atoms with Crippen molar-refractivity contribution in [2.75, 3.05) is 5.73 Å². The van der Waals surface area contributed by atoms with Crippen molar-refractivity contribution in [1.82, 2.24) is 4.98 Å². The quantitative estimate of drug-likeness (QED) is 0.838. The Hall–Kier alpha value is -2.01. The number of anilines is 1. The Balaban J connectivity index is 2.59. The number of carbonyl (C=O) groups is 1. The zero-order chi connectivity index (χ0) is 11.7. The van der Waals surface area contributed by atoms with E-state index in [1.807, 2.05) is 0 Å².